The molecule has 2 rings (SSSR count). The summed E-state index contributed by atoms with van der Waals surface area (Å²) >= 11 is 2.20. The molecular formula is C11H11IN4. The molecule has 0 aliphatic rings. The summed E-state index contributed by atoms with van der Waals surface area (Å²) in [7, 11) is 0. The minimum Gasteiger partial charge on any atom is -0.399 e. The molecule has 3 N–H and O–H groups in total. The monoisotopic (exact) mass is 326 g/mol. The topological polar surface area (TPSA) is 63.8 Å². The molecule has 0 radical (unpaired) electrons. The molecule has 5 heteroatoms. The van der Waals surface area contributed by atoms with Gasteiger partial charge in [0.05, 0.1) is 3.57 Å². The van der Waals surface area contributed by atoms with Crippen molar-refractivity contribution in [3.63, 3.8) is 0 Å². The van der Waals surface area contributed by atoms with Crippen LogP contribution in [0.3, 0.4) is 0 Å². The van der Waals surface area contributed by atoms with E-state index in [1.165, 1.54) is 6.33 Å². The van der Waals surface area contributed by atoms with Gasteiger partial charge in [-0.25, -0.2) is 9.97 Å². The lowest BCUT2D eigenvalue weighted by Crippen LogP contribution is -2.03. The zero-order chi connectivity index (χ0) is 11.4. The number of aromatic nitrogens is 2. The van der Waals surface area contributed by atoms with Crippen LogP contribution < -0.4 is 11.1 Å². The minimum atomic E-state index is 0.706. The van der Waals surface area contributed by atoms with Crippen molar-refractivity contribution in [1.29, 1.82) is 0 Å². The summed E-state index contributed by atoms with van der Waals surface area (Å²) in [5.41, 5.74) is 7.61. The number of nitrogens with one attached hydrogen (secondary N) is 1. The molecule has 0 fully saturated rings. The standard InChI is InChI=1S/C11H11IN4/c12-10-6-14-7-16-11(10)15-5-8-2-1-3-9(13)4-8/h1-4,6-7H,5,13H2,(H,14,15,16). The van der Waals surface area contributed by atoms with Gasteiger partial charge >= 0.3 is 0 Å². The molecular weight excluding hydrogens is 315 g/mol. The fourth-order valence-corrected chi connectivity index (χ4v) is 1.82. The first-order valence-corrected chi connectivity index (χ1v) is 5.87. The zero-order valence-corrected chi connectivity index (χ0v) is 10.7. The van der Waals surface area contributed by atoms with E-state index < -0.39 is 0 Å². The lowest BCUT2D eigenvalue weighted by atomic mass is 10.2. The molecule has 0 atom stereocenters. The molecule has 0 bridgehead atoms. The first-order chi connectivity index (χ1) is 7.75. The highest BCUT2D eigenvalue weighted by Crippen LogP contribution is 2.14. The van der Waals surface area contributed by atoms with Crippen LogP contribution in [-0.2, 0) is 6.54 Å². The highest BCUT2D eigenvalue weighted by molar-refractivity contribution is 14.1. The van der Waals surface area contributed by atoms with Crippen molar-refractivity contribution in [2.45, 2.75) is 6.54 Å². The summed E-state index contributed by atoms with van der Waals surface area (Å²) in [4.78, 5) is 8.09. The van der Waals surface area contributed by atoms with E-state index in [0.29, 0.717) is 6.54 Å². The van der Waals surface area contributed by atoms with Gasteiger partial charge in [0.2, 0.25) is 0 Å². The Morgan fingerprint density at radius 3 is 3.00 bits per heavy atom. The quantitative estimate of drug-likeness (QED) is 0.671. The summed E-state index contributed by atoms with van der Waals surface area (Å²) < 4.78 is 1.00. The number of rotatable bonds is 3. The normalized spacial score (nSPS) is 10.1. The Labute approximate surface area is 107 Å². The fourth-order valence-electron chi connectivity index (χ4n) is 1.33. The van der Waals surface area contributed by atoms with E-state index in [0.717, 1.165) is 20.6 Å². The second-order valence-corrected chi connectivity index (χ2v) is 4.48. The van der Waals surface area contributed by atoms with Crippen molar-refractivity contribution < 1.29 is 0 Å². The van der Waals surface area contributed by atoms with E-state index in [-0.39, 0.29) is 0 Å². The fraction of sp³-hybridized carbons (Fsp3) is 0.0909. The SMILES string of the molecule is Nc1cccc(CNc2ncncc2I)c1. The van der Waals surface area contributed by atoms with Crippen LogP contribution in [0.1, 0.15) is 5.56 Å². The van der Waals surface area contributed by atoms with Crippen molar-refractivity contribution in [3.05, 3.63) is 45.9 Å². The number of nitrogen functional groups attached to an aromatic ring is 1. The average molecular weight is 326 g/mol. The molecule has 4 nitrogen and oxygen atoms in total. The minimum absolute atomic E-state index is 0.706. The van der Waals surface area contributed by atoms with Crippen molar-refractivity contribution in [2.75, 3.05) is 11.1 Å². The largest absolute Gasteiger partial charge is 0.399 e. The van der Waals surface area contributed by atoms with Gasteiger partial charge < -0.3 is 11.1 Å². The molecule has 0 saturated heterocycles. The maximum absolute atomic E-state index is 5.70. The molecule has 1 aromatic heterocycles. The van der Waals surface area contributed by atoms with E-state index in [9.17, 15) is 0 Å². The van der Waals surface area contributed by atoms with Gasteiger partial charge in [0.25, 0.3) is 0 Å². The molecule has 1 aromatic carbocycles. The lowest BCUT2D eigenvalue weighted by Gasteiger charge is -2.07. The third-order valence-electron chi connectivity index (χ3n) is 2.08. The van der Waals surface area contributed by atoms with Crippen molar-refractivity contribution in [3.8, 4) is 0 Å². The average Bonchev–Trinajstić information content (AvgIpc) is 2.28. The van der Waals surface area contributed by atoms with Crippen LogP contribution in [0.2, 0.25) is 0 Å². The Hall–Kier alpha value is -1.37. The second-order valence-electron chi connectivity index (χ2n) is 3.32. The van der Waals surface area contributed by atoms with Crippen LogP contribution in [0.4, 0.5) is 11.5 Å². The molecule has 2 aromatic rings. The third kappa shape index (κ3) is 2.82. The summed E-state index contributed by atoms with van der Waals surface area (Å²) in [5, 5.41) is 3.24. The Balaban J connectivity index is 2.05. The van der Waals surface area contributed by atoms with Crippen molar-refractivity contribution in [1.82, 2.24) is 9.97 Å². The van der Waals surface area contributed by atoms with Gasteiger partial charge in [-0.3, -0.25) is 0 Å². The van der Waals surface area contributed by atoms with E-state index in [4.69, 9.17) is 5.73 Å². The van der Waals surface area contributed by atoms with Gasteiger partial charge in [0.1, 0.15) is 12.1 Å². The van der Waals surface area contributed by atoms with E-state index in [1.807, 2.05) is 24.3 Å². The molecule has 1 heterocycles. The molecule has 82 valence electrons. The highest BCUT2D eigenvalue weighted by Gasteiger charge is 2.00. The maximum atomic E-state index is 5.70. The molecule has 0 saturated carbocycles. The van der Waals surface area contributed by atoms with E-state index in [1.54, 1.807) is 6.20 Å². The summed E-state index contributed by atoms with van der Waals surface area (Å²) in [5.74, 6) is 0.845. The number of hydrogen-bond donors (Lipinski definition) is 2. The van der Waals surface area contributed by atoms with Crippen LogP contribution in [0, 0.1) is 3.57 Å². The first kappa shape index (κ1) is 11.1. The molecule has 0 unspecified atom stereocenters. The number of nitrogens with zero attached hydrogens (tertiary/aromatic N) is 2. The maximum Gasteiger partial charge on any atom is 0.143 e. The summed E-state index contributed by atoms with van der Waals surface area (Å²) in [6.45, 7) is 0.706. The van der Waals surface area contributed by atoms with Crippen molar-refractivity contribution >= 4 is 34.1 Å². The summed E-state index contributed by atoms with van der Waals surface area (Å²) in [6.07, 6.45) is 3.30. The highest BCUT2D eigenvalue weighted by atomic mass is 127. The van der Waals surface area contributed by atoms with Crippen LogP contribution in [0.15, 0.2) is 36.8 Å². The van der Waals surface area contributed by atoms with Crippen LogP contribution >= 0.6 is 22.6 Å². The predicted molar refractivity (Wildman–Crippen MR) is 72.9 cm³/mol. The van der Waals surface area contributed by atoms with Gasteiger partial charge in [-0.05, 0) is 40.3 Å². The van der Waals surface area contributed by atoms with Crippen LogP contribution in [0.25, 0.3) is 0 Å². The molecule has 0 amide bonds. The van der Waals surface area contributed by atoms with Gasteiger partial charge in [0.15, 0.2) is 0 Å². The predicted octanol–water partition coefficient (Wildman–Crippen LogP) is 2.28. The van der Waals surface area contributed by atoms with Gasteiger partial charge in [0, 0.05) is 18.4 Å². The lowest BCUT2D eigenvalue weighted by molar-refractivity contribution is 1.07. The molecule has 16 heavy (non-hydrogen) atoms. The smallest absolute Gasteiger partial charge is 0.143 e. The second kappa shape index (κ2) is 5.11. The number of benzene rings is 1. The Bertz CT molecular complexity index is 487. The number of halogens is 1. The third-order valence-corrected chi connectivity index (χ3v) is 2.87. The number of hydrogen-bond acceptors (Lipinski definition) is 4. The van der Waals surface area contributed by atoms with Gasteiger partial charge in [-0.15, -0.1) is 0 Å². The Morgan fingerprint density at radius 1 is 1.38 bits per heavy atom. The van der Waals surface area contributed by atoms with E-state index in [2.05, 4.69) is 37.9 Å². The van der Waals surface area contributed by atoms with Crippen molar-refractivity contribution in [2.24, 2.45) is 0 Å². The van der Waals surface area contributed by atoms with Crippen LogP contribution in [-0.4, -0.2) is 9.97 Å². The first-order valence-electron chi connectivity index (χ1n) is 4.79. The van der Waals surface area contributed by atoms with Crippen LogP contribution in [0.5, 0.6) is 0 Å². The Kier molecular flexibility index (Phi) is 3.55. The number of anilines is 2. The zero-order valence-electron chi connectivity index (χ0n) is 8.52. The molecule has 0 aliphatic carbocycles. The Morgan fingerprint density at radius 2 is 2.25 bits per heavy atom. The molecule has 0 spiro atoms. The molecule has 0 aliphatic heterocycles. The van der Waals surface area contributed by atoms with Gasteiger partial charge in [-0.1, -0.05) is 12.1 Å². The number of nitrogens with two attached hydrogens (primary N) is 1. The van der Waals surface area contributed by atoms with Gasteiger partial charge in [-0.2, -0.15) is 0 Å². The summed E-state index contributed by atoms with van der Waals surface area (Å²) in [6, 6.07) is 7.79. The van der Waals surface area contributed by atoms with E-state index >= 15 is 0 Å².